The molecule has 1 amide bonds. The average molecular weight is 422 g/mol. The minimum Gasteiger partial charge on any atom is -0.321 e. The fraction of sp³-hybridized carbons (Fsp3) is 0.400. The highest BCUT2D eigenvalue weighted by atomic mass is 35.5. The lowest BCUT2D eigenvalue weighted by molar-refractivity contribution is 0.102. The van der Waals surface area contributed by atoms with E-state index < -0.39 is 26.4 Å². The van der Waals surface area contributed by atoms with Gasteiger partial charge >= 0.3 is 5.76 Å². The molecule has 0 unspecified atom stereocenters. The first-order chi connectivity index (χ1) is 12.4. The van der Waals surface area contributed by atoms with Crippen molar-refractivity contribution < 1.29 is 22.0 Å². The molecular formula is C15H18ClF2N5O3S. The van der Waals surface area contributed by atoms with Gasteiger partial charge in [-0.3, -0.25) is 4.79 Å². The predicted molar refractivity (Wildman–Crippen MR) is 96.0 cm³/mol. The molecule has 2 aromatic rings. The second-order valence-corrected chi connectivity index (χ2v) is 7.77. The Balaban J connectivity index is 0.00000261. The monoisotopic (exact) mass is 421 g/mol. The Labute approximate surface area is 160 Å². The van der Waals surface area contributed by atoms with Gasteiger partial charge in [0.2, 0.25) is 9.84 Å². The summed E-state index contributed by atoms with van der Waals surface area (Å²) in [5.74, 6) is -4.13. The van der Waals surface area contributed by atoms with Gasteiger partial charge in [0.1, 0.15) is 0 Å². The highest BCUT2D eigenvalue weighted by Gasteiger charge is 2.27. The third-order valence-electron chi connectivity index (χ3n) is 4.08. The van der Waals surface area contributed by atoms with Crippen LogP contribution in [0, 0.1) is 0 Å². The Kier molecular flexibility index (Phi) is 6.84. The molecule has 0 saturated carbocycles. The Morgan fingerprint density at radius 2 is 2.00 bits per heavy atom. The minimum atomic E-state index is -4.73. The smallest absolute Gasteiger partial charge is 0.321 e. The molecule has 148 valence electrons. The fourth-order valence-corrected chi connectivity index (χ4v) is 3.44. The van der Waals surface area contributed by atoms with Crippen LogP contribution in [-0.2, 0) is 9.84 Å². The molecule has 0 bridgehead atoms. The SMILES string of the molecule is Cl.O=C(Nc1cccc(S(=O)(=O)C(F)F)c1)c1cn(C2CCNCC2)nn1. The Hall–Kier alpha value is -2.11. The van der Waals surface area contributed by atoms with Gasteiger partial charge in [-0.25, -0.2) is 13.1 Å². The molecular weight excluding hydrogens is 404 g/mol. The number of rotatable bonds is 5. The number of nitrogens with one attached hydrogen (secondary N) is 2. The first-order valence-electron chi connectivity index (χ1n) is 7.94. The number of alkyl halides is 2. The second-order valence-electron chi connectivity index (χ2n) is 5.85. The van der Waals surface area contributed by atoms with Gasteiger partial charge < -0.3 is 10.6 Å². The van der Waals surface area contributed by atoms with Crippen molar-refractivity contribution in [3.05, 3.63) is 36.2 Å². The van der Waals surface area contributed by atoms with Crippen LogP contribution in [0.5, 0.6) is 0 Å². The lowest BCUT2D eigenvalue weighted by Gasteiger charge is -2.22. The van der Waals surface area contributed by atoms with Crippen molar-refractivity contribution in [1.29, 1.82) is 0 Å². The summed E-state index contributed by atoms with van der Waals surface area (Å²) in [7, 11) is -4.73. The van der Waals surface area contributed by atoms with Gasteiger partial charge in [-0.2, -0.15) is 8.78 Å². The van der Waals surface area contributed by atoms with Gasteiger partial charge in [0.15, 0.2) is 5.69 Å². The number of nitrogens with zero attached hydrogens (tertiary/aromatic N) is 3. The summed E-state index contributed by atoms with van der Waals surface area (Å²) in [6.45, 7) is 1.72. The Bertz CT molecular complexity index is 900. The summed E-state index contributed by atoms with van der Waals surface area (Å²) in [6, 6.07) is 4.86. The molecule has 12 heteroatoms. The number of anilines is 1. The quantitative estimate of drug-likeness (QED) is 0.763. The molecule has 1 saturated heterocycles. The Morgan fingerprint density at radius 1 is 1.30 bits per heavy atom. The molecule has 2 N–H and O–H groups in total. The number of amides is 1. The van der Waals surface area contributed by atoms with E-state index in [1.807, 2.05) is 0 Å². The number of benzene rings is 1. The van der Waals surface area contributed by atoms with Gasteiger partial charge in [0, 0.05) is 5.69 Å². The van der Waals surface area contributed by atoms with Crippen molar-refractivity contribution in [1.82, 2.24) is 20.3 Å². The van der Waals surface area contributed by atoms with Gasteiger partial charge in [0.25, 0.3) is 5.91 Å². The molecule has 1 aromatic heterocycles. The normalized spacial score (nSPS) is 15.4. The highest BCUT2D eigenvalue weighted by Crippen LogP contribution is 2.22. The van der Waals surface area contributed by atoms with Crippen molar-refractivity contribution in [2.24, 2.45) is 0 Å². The van der Waals surface area contributed by atoms with E-state index in [9.17, 15) is 22.0 Å². The van der Waals surface area contributed by atoms with Crippen molar-refractivity contribution in [2.45, 2.75) is 29.5 Å². The number of aromatic nitrogens is 3. The van der Waals surface area contributed by atoms with Crippen LogP contribution in [-0.4, -0.2) is 48.2 Å². The zero-order valence-electron chi connectivity index (χ0n) is 14.0. The van der Waals surface area contributed by atoms with E-state index in [2.05, 4.69) is 20.9 Å². The standard InChI is InChI=1S/C15H17F2N5O3S.ClH/c16-15(17)26(24,25)12-3-1-2-10(8-12)19-14(23)13-9-22(21-20-13)11-4-6-18-7-5-11;/h1-3,8-9,11,15,18H,4-7H2,(H,19,23);1H. The van der Waals surface area contributed by atoms with Crippen LogP contribution in [0.25, 0.3) is 0 Å². The van der Waals surface area contributed by atoms with E-state index in [1.54, 1.807) is 4.68 Å². The maximum Gasteiger partial charge on any atom is 0.341 e. The zero-order chi connectivity index (χ0) is 18.7. The predicted octanol–water partition coefficient (Wildman–Crippen LogP) is 1.87. The number of sulfone groups is 1. The minimum absolute atomic E-state index is 0. The Morgan fingerprint density at radius 3 is 2.67 bits per heavy atom. The van der Waals surface area contributed by atoms with E-state index in [-0.39, 0.29) is 29.8 Å². The van der Waals surface area contributed by atoms with Gasteiger partial charge in [-0.15, -0.1) is 17.5 Å². The maximum absolute atomic E-state index is 12.6. The molecule has 2 heterocycles. The molecule has 8 nitrogen and oxygen atoms in total. The van der Waals surface area contributed by atoms with Crippen molar-refractivity contribution in [2.75, 3.05) is 18.4 Å². The van der Waals surface area contributed by atoms with E-state index in [0.29, 0.717) is 0 Å². The van der Waals surface area contributed by atoms with Crippen LogP contribution in [0.3, 0.4) is 0 Å². The molecule has 0 spiro atoms. The molecule has 0 aliphatic carbocycles. The molecule has 3 rings (SSSR count). The van der Waals surface area contributed by atoms with Crippen LogP contribution in [0.2, 0.25) is 0 Å². The lowest BCUT2D eigenvalue weighted by Crippen LogP contribution is -2.29. The van der Waals surface area contributed by atoms with E-state index in [1.165, 1.54) is 18.3 Å². The summed E-state index contributed by atoms with van der Waals surface area (Å²) < 4.78 is 50.0. The molecule has 1 fully saturated rings. The zero-order valence-corrected chi connectivity index (χ0v) is 15.6. The molecule has 0 radical (unpaired) electrons. The average Bonchev–Trinajstić information content (AvgIpc) is 3.13. The topological polar surface area (TPSA) is 106 Å². The first-order valence-corrected chi connectivity index (χ1v) is 9.48. The highest BCUT2D eigenvalue weighted by molar-refractivity contribution is 7.91. The van der Waals surface area contributed by atoms with Crippen LogP contribution >= 0.6 is 12.4 Å². The van der Waals surface area contributed by atoms with Crippen molar-refractivity contribution >= 4 is 33.8 Å². The van der Waals surface area contributed by atoms with Gasteiger partial charge in [0.05, 0.1) is 17.1 Å². The molecule has 1 aliphatic rings. The summed E-state index contributed by atoms with van der Waals surface area (Å²) in [6.07, 6.45) is 3.26. The van der Waals surface area contributed by atoms with Crippen molar-refractivity contribution in [3.63, 3.8) is 0 Å². The number of piperidine rings is 1. The van der Waals surface area contributed by atoms with E-state index in [4.69, 9.17) is 0 Å². The van der Waals surface area contributed by atoms with Gasteiger partial charge in [-0.05, 0) is 44.1 Å². The van der Waals surface area contributed by atoms with Crippen LogP contribution < -0.4 is 10.6 Å². The van der Waals surface area contributed by atoms with Gasteiger partial charge in [-0.1, -0.05) is 11.3 Å². The van der Waals surface area contributed by atoms with Crippen LogP contribution in [0.15, 0.2) is 35.4 Å². The fourth-order valence-electron chi connectivity index (χ4n) is 2.68. The lowest BCUT2D eigenvalue weighted by atomic mass is 10.1. The number of hydrogen-bond donors (Lipinski definition) is 2. The molecule has 27 heavy (non-hydrogen) atoms. The number of carbonyl (C=O) groups is 1. The molecule has 0 atom stereocenters. The van der Waals surface area contributed by atoms with Crippen LogP contribution in [0.4, 0.5) is 14.5 Å². The first kappa shape index (κ1) is 21.2. The van der Waals surface area contributed by atoms with E-state index >= 15 is 0 Å². The number of hydrogen-bond acceptors (Lipinski definition) is 6. The summed E-state index contributed by atoms with van der Waals surface area (Å²) in [5.41, 5.74) is 0.138. The maximum atomic E-state index is 12.6. The van der Waals surface area contributed by atoms with Crippen molar-refractivity contribution in [3.8, 4) is 0 Å². The molecule has 1 aromatic carbocycles. The van der Waals surface area contributed by atoms with E-state index in [0.717, 1.165) is 38.1 Å². The second kappa shape index (κ2) is 8.72. The molecule has 1 aliphatic heterocycles. The number of halogens is 3. The summed E-state index contributed by atoms with van der Waals surface area (Å²) in [5, 5.41) is 13.5. The van der Waals surface area contributed by atoms with Crippen LogP contribution in [0.1, 0.15) is 29.4 Å². The third-order valence-corrected chi connectivity index (χ3v) is 5.46. The summed E-state index contributed by atoms with van der Waals surface area (Å²) >= 11 is 0. The summed E-state index contributed by atoms with van der Waals surface area (Å²) in [4.78, 5) is 11.7. The number of carbonyl (C=O) groups excluding carboxylic acids is 1. The third kappa shape index (κ3) is 4.79. The largest absolute Gasteiger partial charge is 0.341 e.